The Kier molecular flexibility index (Phi) is 7.71. The van der Waals surface area contributed by atoms with Crippen LogP contribution >= 0.6 is 0 Å². The van der Waals surface area contributed by atoms with Crippen LogP contribution in [0.15, 0.2) is 0 Å². The molecule has 6 nitrogen and oxygen atoms in total. The van der Waals surface area contributed by atoms with Crippen molar-refractivity contribution >= 4 is 12.0 Å². The number of amides is 2. The quantitative estimate of drug-likeness (QED) is 0.671. The highest BCUT2D eigenvalue weighted by molar-refractivity contribution is 5.83. The smallest absolute Gasteiger partial charge is 0.326 e. The van der Waals surface area contributed by atoms with Gasteiger partial charge in [-0.2, -0.15) is 0 Å². The molecule has 0 aromatic carbocycles. The van der Waals surface area contributed by atoms with Crippen LogP contribution in [0.25, 0.3) is 0 Å². The fourth-order valence-corrected chi connectivity index (χ4v) is 2.24. The van der Waals surface area contributed by atoms with E-state index in [9.17, 15) is 9.59 Å². The number of rotatable bonds is 7. The van der Waals surface area contributed by atoms with Crippen molar-refractivity contribution in [2.75, 3.05) is 13.1 Å². The SMILES string of the molecule is CC(C)N(CCNC(=O)N[C@@H](C(=O)O)C(C)(C)C)C(C)C. The first-order chi connectivity index (χ1) is 9.46. The molecule has 21 heavy (non-hydrogen) atoms. The summed E-state index contributed by atoms with van der Waals surface area (Å²) in [5.41, 5.74) is -0.537. The number of carboxylic acids is 1. The summed E-state index contributed by atoms with van der Waals surface area (Å²) in [6, 6.07) is -0.555. The van der Waals surface area contributed by atoms with Crippen LogP contribution in [0.1, 0.15) is 48.5 Å². The molecule has 0 saturated heterocycles. The average Bonchev–Trinajstić information content (AvgIpc) is 2.28. The Morgan fingerprint density at radius 1 is 1.10 bits per heavy atom. The molecule has 0 aliphatic rings. The first kappa shape index (κ1) is 19.7. The van der Waals surface area contributed by atoms with Crippen molar-refractivity contribution in [3.8, 4) is 0 Å². The Morgan fingerprint density at radius 2 is 1.57 bits per heavy atom. The minimum Gasteiger partial charge on any atom is -0.480 e. The highest BCUT2D eigenvalue weighted by atomic mass is 16.4. The van der Waals surface area contributed by atoms with Gasteiger partial charge in [-0.25, -0.2) is 9.59 Å². The van der Waals surface area contributed by atoms with E-state index >= 15 is 0 Å². The molecule has 0 fully saturated rings. The number of urea groups is 1. The summed E-state index contributed by atoms with van der Waals surface area (Å²) in [5, 5.41) is 14.4. The van der Waals surface area contributed by atoms with Crippen molar-refractivity contribution in [2.45, 2.75) is 66.6 Å². The van der Waals surface area contributed by atoms with E-state index < -0.39 is 23.5 Å². The molecule has 124 valence electrons. The molecule has 2 amide bonds. The van der Waals surface area contributed by atoms with Crippen molar-refractivity contribution in [1.82, 2.24) is 15.5 Å². The summed E-state index contributed by atoms with van der Waals surface area (Å²) in [4.78, 5) is 25.3. The van der Waals surface area contributed by atoms with E-state index in [-0.39, 0.29) is 0 Å². The van der Waals surface area contributed by atoms with E-state index in [1.165, 1.54) is 0 Å². The maximum absolute atomic E-state index is 11.8. The number of nitrogens with zero attached hydrogens (tertiary/aromatic N) is 1. The number of hydrogen-bond acceptors (Lipinski definition) is 3. The van der Waals surface area contributed by atoms with Crippen LogP contribution < -0.4 is 10.6 Å². The second-order valence-corrected chi connectivity index (χ2v) is 6.96. The van der Waals surface area contributed by atoms with E-state index in [0.717, 1.165) is 6.54 Å². The highest BCUT2D eigenvalue weighted by Crippen LogP contribution is 2.19. The van der Waals surface area contributed by atoms with E-state index in [0.29, 0.717) is 18.6 Å². The topological polar surface area (TPSA) is 81.7 Å². The molecule has 0 spiro atoms. The summed E-state index contributed by atoms with van der Waals surface area (Å²) >= 11 is 0. The standard InChI is InChI=1S/C15H31N3O3/c1-10(2)18(11(3)4)9-8-16-14(21)17-12(13(19)20)15(5,6)7/h10-12H,8-9H2,1-7H3,(H,19,20)(H2,16,17,21)/t12-/m0/s1. The summed E-state index contributed by atoms with van der Waals surface area (Å²) < 4.78 is 0. The zero-order chi connectivity index (χ0) is 16.8. The van der Waals surface area contributed by atoms with Crippen LogP contribution in [0.5, 0.6) is 0 Å². The summed E-state index contributed by atoms with van der Waals surface area (Å²) in [7, 11) is 0. The van der Waals surface area contributed by atoms with Gasteiger partial charge in [0.25, 0.3) is 0 Å². The normalized spacial score (nSPS) is 13.6. The van der Waals surface area contributed by atoms with Crippen LogP contribution in [0.3, 0.4) is 0 Å². The van der Waals surface area contributed by atoms with Gasteiger partial charge in [0.2, 0.25) is 0 Å². The van der Waals surface area contributed by atoms with Crippen molar-refractivity contribution in [2.24, 2.45) is 5.41 Å². The van der Waals surface area contributed by atoms with Gasteiger partial charge in [0.05, 0.1) is 0 Å². The largest absolute Gasteiger partial charge is 0.480 e. The predicted octanol–water partition coefficient (Wildman–Crippen LogP) is 1.90. The average molecular weight is 301 g/mol. The number of nitrogens with one attached hydrogen (secondary N) is 2. The van der Waals surface area contributed by atoms with Gasteiger partial charge in [0.1, 0.15) is 6.04 Å². The third-order valence-corrected chi connectivity index (χ3v) is 3.37. The number of carbonyl (C=O) groups excluding carboxylic acids is 1. The van der Waals surface area contributed by atoms with Crippen LogP contribution in [-0.4, -0.2) is 53.2 Å². The molecule has 0 radical (unpaired) electrons. The van der Waals surface area contributed by atoms with Gasteiger partial charge in [-0.15, -0.1) is 0 Å². The van der Waals surface area contributed by atoms with Crippen molar-refractivity contribution in [3.63, 3.8) is 0 Å². The molecule has 0 aliphatic carbocycles. The van der Waals surface area contributed by atoms with E-state index in [1.807, 2.05) is 0 Å². The first-order valence-corrected chi connectivity index (χ1v) is 7.49. The molecular weight excluding hydrogens is 270 g/mol. The van der Waals surface area contributed by atoms with Gasteiger partial charge in [0.15, 0.2) is 0 Å². The molecule has 0 saturated carbocycles. The fraction of sp³-hybridized carbons (Fsp3) is 0.867. The second-order valence-electron chi connectivity index (χ2n) is 6.96. The number of aliphatic carboxylic acids is 1. The Labute approximate surface area is 128 Å². The number of hydrogen-bond donors (Lipinski definition) is 3. The van der Waals surface area contributed by atoms with Gasteiger partial charge >= 0.3 is 12.0 Å². The fourth-order valence-electron chi connectivity index (χ4n) is 2.24. The number of carboxylic acid groups (broad SMARTS) is 1. The lowest BCUT2D eigenvalue weighted by molar-refractivity contribution is -0.141. The van der Waals surface area contributed by atoms with Crippen LogP contribution in [0.2, 0.25) is 0 Å². The van der Waals surface area contributed by atoms with Crippen molar-refractivity contribution in [1.29, 1.82) is 0 Å². The van der Waals surface area contributed by atoms with Gasteiger partial charge in [-0.3, -0.25) is 4.90 Å². The summed E-state index contributed by atoms with van der Waals surface area (Å²) in [6.45, 7) is 15.0. The van der Waals surface area contributed by atoms with Gasteiger partial charge in [0, 0.05) is 25.2 Å². The third-order valence-electron chi connectivity index (χ3n) is 3.37. The molecule has 6 heteroatoms. The lowest BCUT2D eigenvalue weighted by atomic mass is 9.87. The van der Waals surface area contributed by atoms with E-state index in [2.05, 4.69) is 43.2 Å². The van der Waals surface area contributed by atoms with Crippen molar-refractivity contribution < 1.29 is 14.7 Å². The zero-order valence-electron chi connectivity index (χ0n) is 14.4. The molecule has 0 aliphatic heterocycles. The van der Waals surface area contributed by atoms with Crippen LogP contribution in [0.4, 0.5) is 4.79 Å². The molecule has 0 unspecified atom stereocenters. The first-order valence-electron chi connectivity index (χ1n) is 7.49. The third kappa shape index (κ3) is 7.32. The highest BCUT2D eigenvalue weighted by Gasteiger charge is 2.32. The molecule has 1 atom stereocenters. The molecule has 3 N–H and O–H groups in total. The zero-order valence-corrected chi connectivity index (χ0v) is 14.4. The van der Waals surface area contributed by atoms with Crippen LogP contribution in [0, 0.1) is 5.41 Å². The monoisotopic (exact) mass is 301 g/mol. The molecule has 0 rings (SSSR count). The maximum atomic E-state index is 11.8. The minimum absolute atomic E-state index is 0.399. The predicted molar refractivity (Wildman–Crippen MR) is 84.4 cm³/mol. The number of carbonyl (C=O) groups is 2. The molecule has 0 heterocycles. The van der Waals surface area contributed by atoms with Crippen molar-refractivity contribution in [3.05, 3.63) is 0 Å². The minimum atomic E-state index is -1.02. The Morgan fingerprint density at radius 3 is 1.90 bits per heavy atom. The summed E-state index contributed by atoms with van der Waals surface area (Å²) in [5.74, 6) is -1.02. The van der Waals surface area contributed by atoms with Gasteiger partial charge < -0.3 is 15.7 Å². The Bertz CT molecular complexity index is 341. The molecule has 0 bridgehead atoms. The molecular formula is C15H31N3O3. The summed E-state index contributed by atoms with van der Waals surface area (Å²) in [6.07, 6.45) is 0. The lowest BCUT2D eigenvalue weighted by Gasteiger charge is -2.31. The van der Waals surface area contributed by atoms with Gasteiger partial charge in [-0.05, 0) is 33.1 Å². The lowest BCUT2D eigenvalue weighted by Crippen LogP contribution is -2.53. The molecule has 0 aromatic rings. The maximum Gasteiger partial charge on any atom is 0.326 e. The van der Waals surface area contributed by atoms with Crippen LogP contribution in [-0.2, 0) is 4.79 Å². The Balaban J connectivity index is 4.35. The molecule has 0 aromatic heterocycles. The van der Waals surface area contributed by atoms with E-state index in [1.54, 1.807) is 20.8 Å². The van der Waals surface area contributed by atoms with Gasteiger partial charge in [-0.1, -0.05) is 20.8 Å². The second kappa shape index (κ2) is 8.22. The van der Waals surface area contributed by atoms with E-state index in [4.69, 9.17) is 5.11 Å². The Hall–Kier alpha value is -1.30.